The van der Waals surface area contributed by atoms with Gasteiger partial charge in [-0.1, -0.05) is 22.9 Å². The molecule has 0 spiro atoms. The summed E-state index contributed by atoms with van der Waals surface area (Å²) in [5.74, 6) is 0.208. The van der Waals surface area contributed by atoms with Crippen LogP contribution in [0.4, 0.5) is 0 Å². The summed E-state index contributed by atoms with van der Waals surface area (Å²) in [6, 6.07) is 0. The second-order valence-electron chi connectivity index (χ2n) is 3.94. The highest BCUT2D eigenvalue weighted by molar-refractivity contribution is 9.10. The molecular weight excluding hydrogens is 288 g/mol. The summed E-state index contributed by atoms with van der Waals surface area (Å²) >= 11 is 5.13. The Morgan fingerprint density at radius 2 is 2.50 bits per heavy atom. The van der Waals surface area contributed by atoms with Gasteiger partial charge in [-0.25, -0.2) is 4.98 Å². The normalized spacial score (nSPS) is 21.5. The number of carbonyl (C=O) groups is 1. The lowest BCUT2D eigenvalue weighted by Crippen LogP contribution is -2.41. The number of piperidine rings is 1. The summed E-state index contributed by atoms with van der Waals surface area (Å²) in [7, 11) is 0. The first-order valence-electron chi connectivity index (χ1n) is 5.57. The zero-order chi connectivity index (χ0) is 11.5. The molecule has 1 amide bonds. The maximum absolute atomic E-state index is 11.9. The summed E-state index contributed by atoms with van der Waals surface area (Å²) in [6.45, 7) is 3.66. The van der Waals surface area contributed by atoms with E-state index in [-0.39, 0.29) is 10.7 Å². The van der Waals surface area contributed by atoms with Gasteiger partial charge in [-0.2, -0.15) is 0 Å². The fourth-order valence-electron chi connectivity index (χ4n) is 1.80. The van der Waals surface area contributed by atoms with Gasteiger partial charge in [0.15, 0.2) is 0 Å². The number of carbonyl (C=O) groups excluding carboxylic acids is 1. The van der Waals surface area contributed by atoms with Crippen LogP contribution in [0.1, 0.15) is 29.7 Å². The van der Waals surface area contributed by atoms with Crippen molar-refractivity contribution in [1.29, 1.82) is 0 Å². The van der Waals surface area contributed by atoms with Crippen molar-refractivity contribution >= 4 is 33.2 Å². The third-order valence-electron chi connectivity index (χ3n) is 2.74. The number of aryl methyl sites for hydroxylation is 1. The third-order valence-corrected chi connectivity index (χ3v) is 4.72. The first-order valence-corrected chi connectivity index (χ1v) is 7.30. The van der Waals surface area contributed by atoms with Gasteiger partial charge in [-0.3, -0.25) is 4.79 Å². The molecule has 1 fully saturated rings. The van der Waals surface area contributed by atoms with Crippen molar-refractivity contribution in [2.45, 2.75) is 37.6 Å². The number of aromatic nitrogens is 1. The van der Waals surface area contributed by atoms with E-state index in [2.05, 4.69) is 27.8 Å². The van der Waals surface area contributed by atoms with Crippen molar-refractivity contribution in [2.75, 3.05) is 6.54 Å². The first-order chi connectivity index (χ1) is 7.70. The fraction of sp³-hybridized carbons (Fsp3) is 0.636. The minimum absolute atomic E-state index is 0.00635. The van der Waals surface area contributed by atoms with Crippen LogP contribution in [0.3, 0.4) is 0 Å². The maximum atomic E-state index is 11.9. The lowest BCUT2D eigenvalue weighted by Gasteiger charge is -2.28. The molecule has 0 aromatic carbocycles. The number of hydrogen-bond donors (Lipinski definition) is 0. The average Bonchev–Trinajstić information content (AvgIpc) is 2.73. The highest BCUT2D eigenvalue weighted by atomic mass is 79.9. The van der Waals surface area contributed by atoms with Crippen LogP contribution in [0.5, 0.6) is 0 Å². The van der Waals surface area contributed by atoms with Crippen molar-refractivity contribution in [3.05, 3.63) is 16.1 Å². The van der Waals surface area contributed by atoms with Gasteiger partial charge < -0.3 is 4.90 Å². The van der Waals surface area contributed by atoms with Gasteiger partial charge in [-0.15, -0.1) is 11.3 Å². The summed E-state index contributed by atoms with van der Waals surface area (Å²) < 4.78 is 0. The minimum atomic E-state index is 0.00635. The topological polar surface area (TPSA) is 33.2 Å². The Kier molecular flexibility index (Phi) is 3.97. The van der Waals surface area contributed by atoms with Gasteiger partial charge in [0.25, 0.3) is 0 Å². The van der Waals surface area contributed by atoms with Crippen LogP contribution in [0, 0.1) is 0 Å². The number of likely N-dealkylation sites (tertiary alicyclic amines) is 1. The highest BCUT2D eigenvalue weighted by Gasteiger charge is 2.26. The number of rotatable bonds is 3. The summed E-state index contributed by atoms with van der Waals surface area (Å²) in [6.07, 6.45) is 4.97. The van der Waals surface area contributed by atoms with E-state index in [9.17, 15) is 4.79 Å². The van der Waals surface area contributed by atoms with E-state index in [1.165, 1.54) is 4.88 Å². The molecular formula is C11H15BrN2OS. The van der Waals surface area contributed by atoms with Crippen LogP contribution in [0.2, 0.25) is 0 Å². The number of halogens is 1. The summed E-state index contributed by atoms with van der Waals surface area (Å²) in [5.41, 5.74) is 0. The van der Waals surface area contributed by atoms with E-state index in [4.69, 9.17) is 0 Å². The predicted octanol–water partition coefficient (Wildman–Crippen LogP) is 2.59. The molecule has 0 N–H and O–H groups in total. The van der Waals surface area contributed by atoms with Crippen LogP contribution in [-0.4, -0.2) is 27.2 Å². The van der Waals surface area contributed by atoms with Crippen LogP contribution < -0.4 is 0 Å². The smallest absolute Gasteiger partial charge is 0.236 e. The van der Waals surface area contributed by atoms with Crippen LogP contribution >= 0.6 is 27.3 Å². The fourth-order valence-corrected chi connectivity index (χ4v) is 3.29. The Labute approximate surface area is 108 Å². The van der Waals surface area contributed by atoms with Crippen molar-refractivity contribution in [3.63, 3.8) is 0 Å². The molecule has 3 nitrogen and oxygen atoms in total. The number of amides is 1. The van der Waals surface area contributed by atoms with Gasteiger partial charge in [0.2, 0.25) is 5.91 Å². The zero-order valence-corrected chi connectivity index (χ0v) is 11.7. The molecule has 5 heteroatoms. The lowest BCUT2D eigenvalue weighted by molar-refractivity contribution is -0.133. The standard InChI is InChI=1S/C11H15BrN2OS/c1-2-8-6-13-10(16-8)7-14-5-3-4-9(12)11(14)15/h6,9H,2-5,7H2,1H3. The molecule has 2 heterocycles. The molecule has 2 rings (SSSR count). The number of thiazole rings is 1. The molecule has 1 aliphatic heterocycles. The van der Waals surface area contributed by atoms with E-state index in [1.54, 1.807) is 11.3 Å². The molecule has 1 unspecified atom stereocenters. The summed E-state index contributed by atoms with van der Waals surface area (Å²) in [5, 5.41) is 1.05. The van der Waals surface area contributed by atoms with Gasteiger partial charge >= 0.3 is 0 Å². The zero-order valence-electron chi connectivity index (χ0n) is 9.28. The van der Waals surface area contributed by atoms with Crippen LogP contribution in [0.25, 0.3) is 0 Å². The Hall–Kier alpha value is -0.420. The SMILES string of the molecule is CCc1cnc(CN2CCCC(Br)C2=O)s1. The van der Waals surface area contributed by atoms with Gasteiger partial charge in [-0.05, 0) is 19.3 Å². The van der Waals surface area contributed by atoms with Gasteiger partial charge in [0.1, 0.15) is 5.01 Å². The van der Waals surface area contributed by atoms with Crippen molar-refractivity contribution in [1.82, 2.24) is 9.88 Å². The molecule has 0 radical (unpaired) electrons. The van der Waals surface area contributed by atoms with Crippen molar-refractivity contribution in [2.24, 2.45) is 0 Å². The molecule has 0 aliphatic carbocycles. The third kappa shape index (κ3) is 2.63. The van der Waals surface area contributed by atoms with E-state index in [0.29, 0.717) is 6.54 Å². The molecule has 16 heavy (non-hydrogen) atoms. The molecule has 1 atom stereocenters. The van der Waals surface area contributed by atoms with Gasteiger partial charge in [0.05, 0.1) is 11.4 Å². The molecule has 1 aromatic heterocycles. The quantitative estimate of drug-likeness (QED) is 0.804. The van der Waals surface area contributed by atoms with Crippen LogP contribution in [0.15, 0.2) is 6.20 Å². The monoisotopic (exact) mass is 302 g/mol. The first kappa shape index (κ1) is 12.0. The van der Waals surface area contributed by atoms with Crippen LogP contribution in [-0.2, 0) is 17.8 Å². The molecule has 1 saturated heterocycles. The van der Waals surface area contributed by atoms with E-state index < -0.39 is 0 Å². The Morgan fingerprint density at radius 1 is 1.69 bits per heavy atom. The van der Waals surface area contributed by atoms with E-state index in [0.717, 1.165) is 30.8 Å². The van der Waals surface area contributed by atoms with E-state index in [1.807, 2.05) is 11.1 Å². The Morgan fingerprint density at radius 3 is 3.19 bits per heavy atom. The number of nitrogens with zero attached hydrogens (tertiary/aromatic N) is 2. The average molecular weight is 303 g/mol. The molecule has 0 bridgehead atoms. The van der Waals surface area contributed by atoms with Crippen molar-refractivity contribution in [3.8, 4) is 0 Å². The lowest BCUT2D eigenvalue weighted by atomic mass is 10.1. The molecule has 1 aromatic rings. The Bertz CT molecular complexity index is 380. The van der Waals surface area contributed by atoms with Crippen molar-refractivity contribution < 1.29 is 4.79 Å². The van der Waals surface area contributed by atoms with Gasteiger partial charge in [0, 0.05) is 17.6 Å². The maximum Gasteiger partial charge on any atom is 0.236 e. The predicted molar refractivity (Wildman–Crippen MR) is 68.9 cm³/mol. The molecule has 0 saturated carbocycles. The largest absolute Gasteiger partial charge is 0.335 e. The summed E-state index contributed by atoms with van der Waals surface area (Å²) in [4.78, 5) is 19.4. The Balaban J connectivity index is 2.00. The second kappa shape index (κ2) is 5.27. The number of alkyl halides is 1. The molecule has 88 valence electrons. The minimum Gasteiger partial charge on any atom is -0.335 e. The molecule has 1 aliphatic rings. The number of hydrogen-bond acceptors (Lipinski definition) is 3. The van der Waals surface area contributed by atoms with E-state index >= 15 is 0 Å². The second-order valence-corrected chi connectivity index (χ2v) is 6.25. The highest BCUT2D eigenvalue weighted by Crippen LogP contribution is 2.22.